The van der Waals surface area contributed by atoms with E-state index >= 15 is 0 Å². The van der Waals surface area contributed by atoms with Crippen LogP contribution in [0.3, 0.4) is 0 Å². The Morgan fingerprint density at radius 1 is 1.13 bits per heavy atom. The Hall–Kier alpha value is -1.81. The molecule has 0 atom stereocenters. The lowest BCUT2D eigenvalue weighted by molar-refractivity contribution is 1.18. The van der Waals surface area contributed by atoms with Gasteiger partial charge in [0.15, 0.2) is 5.65 Å². The molecule has 3 rings (SSSR count). The van der Waals surface area contributed by atoms with Crippen LogP contribution < -0.4 is 0 Å². The van der Waals surface area contributed by atoms with Gasteiger partial charge in [-0.3, -0.25) is 0 Å². The van der Waals surface area contributed by atoms with Crippen LogP contribution in [0.2, 0.25) is 0 Å². The highest BCUT2D eigenvalue weighted by atomic mass is 32.1. The van der Waals surface area contributed by atoms with E-state index in [1.165, 1.54) is 6.33 Å². The van der Waals surface area contributed by atoms with Gasteiger partial charge < -0.3 is 0 Å². The van der Waals surface area contributed by atoms with Crippen molar-refractivity contribution in [3.63, 3.8) is 0 Å². The lowest BCUT2D eigenvalue weighted by Crippen LogP contribution is -1.86. The van der Waals surface area contributed by atoms with Crippen molar-refractivity contribution in [2.75, 3.05) is 0 Å². The zero-order chi connectivity index (χ0) is 10.1. The van der Waals surface area contributed by atoms with E-state index in [2.05, 4.69) is 21.0 Å². The maximum atomic E-state index is 4.48. The molecule has 72 valence electrons. The van der Waals surface area contributed by atoms with Gasteiger partial charge in [0.1, 0.15) is 6.33 Å². The van der Waals surface area contributed by atoms with Crippen molar-refractivity contribution in [1.29, 1.82) is 0 Å². The van der Waals surface area contributed by atoms with E-state index in [1.54, 1.807) is 17.5 Å². The highest BCUT2D eigenvalue weighted by molar-refractivity contribution is 7.13. The van der Waals surface area contributed by atoms with Gasteiger partial charge in [0.25, 0.3) is 0 Å². The molecule has 0 amide bonds. The monoisotopic (exact) mass is 213 g/mol. The predicted octanol–water partition coefficient (Wildman–Crippen LogP) is 2.75. The second kappa shape index (κ2) is 3.40. The van der Waals surface area contributed by atoms with Gasteiger partial charge in [-0.15, -0.1) is 11.3 Å². The summed E-state index contributed by atoms with van der Waals surface area (Å²) in [6.45, 7) is 0. The fourth-order valence-corrected chi connectivity index (χ4v) is 2.12. The van der Waals surface area contributed by atoms with Crippen LogP contribution in [-0.2, 0) is 0 Å². The largest absolute Gasteiger partial charge is 0.244 e. The van der Waals surface area contributed by atoms with Crippen LogP contribution in [0, 0.1) is 0 Å². The molecule has 0 saturated heterocycles. The van der Waals surface area contributed by atoms with Crippen LogP contribution in [0.25, 0.3) is 21.6 Å². The summed E-state index contributed by atoms with van der Waals surface area (Å²) in [5.41, 5.74) is 1.71. The second-order valence-corrected chi connectivity index (χ2v) is 4.06. The molecule has 3 aromatic heterocycles. The summed E-state index contributed by atoms with van der Waals surface area (Å²) >= 11 is 1.68. The SMILES string of the molecule is c1csc(-c2ccc3cncnc3n2)c1. The third-order valence-corrected chi connectivity index (χ3v) is 3.03. The lowest BCUT2D eigenvalue weighted by atomic mass is 10.2. The van der Waals surface area contributed by atoms with E-state index in [-0.39, 0.29) is 0 Å². The zero-order valence-corrected chi connectivity index (χ0v) is 8.61. The molecular weight excluding hydrogens is 206 g/mol. The van der Waals surface area contributed by atoms with Crippen LogP contribution >= 0.6 is 11.3 Å². The minimum Gasteiger partial charge on any atom is -0.244 e. The van der Waals surface area contributed by atoms with Gasteiger partial charge in [0, 0.05) is 11.6 Å². The fourth-order valence-electron chi connectivity index (χ4n) is 1.43. The van der Waals surface area contributed by atoms with E-state index in [9.17, 15) is 0 Å². The van der Waals surface area contributed by atoms with Gasteiger partial charge in [0.2, 0.25) is 0 Å². The molecule has 0 fully saturated rings. The summed E-state index contributed by atoms with van der Waals surface area (Å²) < 4.78 is 0. The van der Waals surface area contributed by atoms with E-state index in [0.29, 0.717) is 0 Å². The summed E-state index contributed by atoms with van der Waals surface area (Å²) in [7, 11) is 0. The van der Waals surface area contributed by atoms with Crippen LogP contribution in [-0.4, -0.2) is 15.0 Å². The van der Waals surface area contributed by atoms with Crippen molar-refractivity contribution in [3.8, 4) is 10.6 Å². The van der Waals surface area contributed by atoms with Crippen LogP contribution in [0.4, 0.5) is 0 Å². The molecule has 0 aromatic carbocycles. The van der Waals surface area contributed by atoms with E-state index in [1.807, 2.05) is 23.6 Å². The topological polar surface area (TPSA) is 38.7 Å². The molecule has 0 unspecified atom stereocenters. The Morgan fingerprint density at radius 2 is 2.13 bits per heavy atom. The minimum absolute atomic E-state index is 0.746. The lowest BCUT2D eigenvalue weighted by Gasteiger charge is -1.98. The van der Waals surface area contributed by atoms with Gasteiger partial charge >= 0.3 is 0 Å². The molecule has 0 aliphatic rings. The molecule has 0 N–H and O–H groups in total. The van der Waals surface area contributed by atoms with E-state index in [4.69, 9.17) is 0 Å². The smallest absolute Gasteiger partial charge is 0.163 e. The summed E-state index contributed by atoms with van der Waals surface area (Å²) in [6.07, 6.45) is 3.29. The van der Waals surface area contributed by atoms with Crippen molar-refractivity contribution in [1.82, 2.24) is 15.0 Å². The van der Waals surface area contributed by atoms with Gasteiger partial charge in [-0.2, -0.15) is 0 Å². The number of rotatable bonds is 1. The number of hydrogen-bond acceptors (Lipinski definition) is 4. The van der Waals surface area contributed by atoms with Gasteiger partial charge in [-0.05, 0) is 23.6 Å². The Labute approximate surface area is 90.5 Å². The van der Waals surface area contributed by atoms with Crippen molar-refractivity contribution >= 4 is 22.4 Å². The number of aromatic nitrogens is 3. The Morgan fingerprint density at radius 3 is 3.00 bits per heavy atom. The third-order valence-electron chi connectivity index (χ3n) is 2.14. The number of thiophene rings is 1. The van der Waals surface area contributed by atoms with Crippen LogP contribution in [0.15, 0.2) is 42.2 Å². The van der Waals surface area contributed by atoms with Gasteiger partial charge in [0.05, 0.1) is 10.6 Å². The first-order chi connectivity index (χ1) is 7.43. The first kappa shape index (κ1) is 8.49. The molecular formula is C11H7N3S. The first-order valence-electron chi connectivity index (χ1n) is 4.54. The average molecular weight is 213 g/mol. The molecule has 0 radical (unpaired) electrons. The standard InChI is InChI=1S/C11H7N3S/c1-2-10(15-5-1)9-4-3-8-6-12-7-13-11(8)14-9/h1-7H. The van der Waals surface area contributed by atoms with Crippen molar-refractivity contribution in [2.24, 2.45) is 0 Å². The molecule has 0 saturated carbocycles. The van der Waals surface area contributed by atoms with Crippen LogP contribution in [0.5, 0.6) is 0 Å². The van der Waals surface area contributed by atoms with Crippen LogP contribution in [0.1, 0.15) is 0 Å². The second-order valence-electron chi connectivity index (χ2n) is 3.11. The number of fused-ring (bicyclic) bond motifs is 1. The average Bonchev–Trinajstić information content (AvgIpc) is 2.82. The van der Waals surface area contributed by atoms with Crippen molar-refractivity contribution < 1.29 is 0 Å². The van der Waals surface area contributed by atoms with E-state index in [0.717, 1.165) is 21.6 Å². The predicted molar refractivity (Wildman–Crippen MR) is 60.6 cm³/mol. The van der Waals surface area contributed by atoms with Crippen molar-refractivity contribution in [3.05, 3.63) is 42.2 Å². The molecule has 15 heavy (non-hydrogen) atoms. The van der Waals surface area contributed by atoms with Gasteiger partial charge in [-0.1, -0.05) is 6.07 Å². The third kappa shape index (κ3) is 1.49. The molecule has 0 aliphatic carbocycles. The highest BCUT2D eigenvalue weighted by Gasteiger charge is 2.02. The summed E-state index contributed by atoms with van der Waals surface area (Å²) in [6, 6.07) is 8.07. The minimum atomic E-state index is 0.746. The summed E-state index contributed by atoms with van der Waals surface area (Å²) in [4.78, 5) is 13.7. The van der Waals surface area contributed by atoms with Crippen molar-refractivity contribution in [2.45, 2.75) is 0 Å². The Balaban J connectivity index is 2.22. The first-order valence-corrected chi connectivity index (χ1v) is 5.42. The molecule has 3 aromatic rings. The summed E-state index contributed by atoms with van der Waals surface area (Å²) in [5, 5.41) is 3.01. The number of pyridine rings is 1. The molecule has 0 aliphatic heterocycles. The Kier molecular flexibility index (Phi) is 1.93. The molecule has 0 spiro atoms. The zero-order valence-electron chi connectivity index (χ0n) is 7.79. The maximum absolute atomic E-state index is 4.48. The quantitative estimate of drug-likeness (QED) is 0.624. The number of hydrogen-bond donors (Lipinski definition) is 0. The van der Waals surface area contributed by atoms with E-state index < -0.39 is 0 Å². The molecule has 0 bridgehead atoms. The fraction of sp³-hybridized carbons (Fsp3) is 0. The van der Waals surface area contributed by atoms with Gasteiger partial charge in [-0.25, -0.2) is 15.0 Å². The highest BCUT2D eigenvalue weighted by Crippen LogP contribution is 2.23. The summed E-state index contributed by atoms with van der Waals surface area (Å²) in [5.74, 6) is 0. The number of nitrogens with zero attached hydrogens (tertiary/aromatic N) is 3. The normalized spacial score (nSPS) is 10.7. The Bertz CT molecular complexity index is 590. The molecule has 3 nitrogen and oxygen atoms in total. The molecule has 3 heterocycles. The molecule has 4 heteroatoms. The maximum Gasteiger partial charge on any atom is 0.163 e.